The number of aryl methyl sites for hydroxylation is 1. The number of benzene rings is 1. The Morgan fingerprint density at radius 3 is 2.81 bits per heavy atom. The highest BCUT2D eigenvalue weighted by Gasteiger charge is 2.11. The van der Waals surface area contributed by atoms with Gasteiger partial charge in [0.2, 0.25) is 0 Å². The average molecular weight is 238 g/mol. The molecule has 1 rings (SSSR count). The van der Waals surface area contributed by atoms with Crippen LogP contribution < -0.4 is 11.1 Å². The summed E-state index contributed by atoms with van der Waals surface area (Å²) in [6, 6.07) is 5.90. The van der Waals surface area contributed by atoms with Gasteiger partial charge in [0, 0.05) is 23.0 Å². The van der Waals surface area contributed by atoms with Crippen molar-refractivity contribution in [1.82, 2.24) is 5.32 Å². The molecule has 1 aromatic rings. The second-order valence-electron chi connectivity index (χ2n) is 3.79. The summed E-state index contributed by atoms with van der Waals surface area (Å²) < 4.78 is 0. The standard InChI is InChI=1S/C12H18N2OS/c1-8-4-5-10(16-3)6-11(8)12(15)14-9(2)7-13/h4-6,9H,7,13H2,1-3H3,(H,14,15)/t9-/m0/s1. The Kier molecular flexibility index (Phi) is 4.83. The van der Waals surface area contributed by atoms with E-state index >= 15 is 0 Å². The molecule has 88 valence electrons. The summed E-state index contributed by atoms with van der Waals surface area (Å²) in [5.41, 5.74) is 7.19. The van der Waals surface area contributed by atoms with Crippen molar-refractivity contribution in [2.24, 2.45) is 5.73 Å². The van der Waals surface area contributed by atoms with E-state index in [1.54, 1.807) is 11.8 Å². The van der Waals surface area contributed by atoms with Gasteiger partial charge in [-0.25, -0.2) is 0 Å². The third kappa shape index (κ3) is 3.25. The van der Waals surface area contributed by atoms with Gasteiger partial charge in [0.25, 0.3) is 5.91 Å². The van der Waals surface area contributed by atoms with Crippen LogP contribution in [0.3, 0.4) is 0 Å². The van der Waals surface area contributed by atoms with Crippen molar-refractivity contribution in [3.63, 3.8) is 0 Å². The molecule has 3 N–H and O–H groups in total. The second kappa shape index (κ2) is 5.92. The smallest absolute Gasteiger partial charge is 0.251 e. The molecular formula is C12H18N2OS. The molecule has 1 atom stereocenters. The molecule has 0 bridgehead atoms. The number of nitrogens with one attached hydrogen (secondary N) is 1. The van der Waals surface area contributed by atoms with Gasteiger partial charge in [0.1, 0.15) is 0 Å². The molecular weight excluding hydrogens is 220 g/mol. The monoisotopic (exact) mass is 238 g/mol. The van der Waals surface area contributed by atoms with Crippen molar-refractivity contribution in [2.75, 3.05) is 12.8 Å². The Morgan fingerprint density at radius 2 is 2.25 bits per heavy atom. The third-order valence-corrected chi connectivity index (χ3v) is 3.15. The first-order valence-corrected chi connectivity index (χ1v) is 6.46. The molecule has 0 aromatic heterocycles. The molecule has 4 heteroatoms. The lowest BCUT2D eigenvalue weighted by atomic mass is 10.1. The molecule has 3 nitrogen and oxygen atoms in total. The summed E-state index contributed by atoms with van der Waals surface area (Å²) in [7, 11) is 0. The van der Waals surface area contributed by atoms with Crippen LogP contribution in [0.5, 0.6) is 0 Å². The number of carbonyl (C=O) groups is 1. The zero-order chi connectivity index (χ0) is 12.1. The van der Waals surface area contributed by atoms with Crippen LogP contribution in [0.1, 0.15) is 22.8 Å². The minimum Gasteiger partial charge on any atom is -0.348 e. The van der Waals surface area contributed by atoms with Gasteiger partial charge in [0.05, 0.1) is 0 Å². The molecule has 0 saturated carbocycles. The van der Waals surface area contributed by atoms with Crippen LogP contribution in [0.4, 0.5) is 0 Å². The van der Waals surface area contributed by atoms with Crippen LogP contribution >= 0.6 is 11.8 Å². The molecule has 0 aliphatic heterocycles. The van der Waals surface area contributed by atoms with Crippen molar-refractivity contribution in [1.29, 1.82) is 0 Å². The Labute approximate surface area is 101 Å². The van der Waals surface area contributed by atoms with Crippen LogP contribution in [-0.2, 0) is 0 Å². The van der Waals surface area contributed by atoms with Gasteiger partial charge in [-0.05, 0) is 37.8 Å². The predicted molar refractivity (Wildman–Crippen MR) is 68.9 cm³/mol. The van der Waals surface area contributed by atoms with Crippen LogP contribution in [0.2, 0.25) is 0 Å². The van der Waals surface area contributed by atoms with Gasteiger partial charge >= 0.3 is 0 Å². The molecule has 0 heterocycles. The quantitative estimate of drug-likeness (QED) is 0.786. The van der Waals surface area contributed by atoms with E-state index in [0.717, 1.165) is 16.0 Å². The molecule has 0 aliphatic carbocycles. The second-order valence-corrected chi connectivity index (χ2v) is 4.67. The number of amides is 1. The summed E-state index contributed by atoms with van der Waals surface area (Å²) in [4.78, 5) is 13.0. The van der Waals surface area contributed by atoms with Crippen molar-refractivity contribution < 1.29 is 4.79 Å². The zero-order valence-corrected chi connectivity index (χ0v) is 10.7. The van der Waals surface area contributed by atoms with Crippen molar-refractivity contribution in [2.45, 2.75) is 24.8 Å². The van der Waals surface area contributed by atoms with Gasteiger partial charge in [0.15, 0.2) is 0 Å². The highest BCUT2D eigenvalue weighted by molar-refractivity contribution is 7.98. The molecule has 1 amide bonds. The zero-order valence-electron chi connectivity index (χ0n) is 9.91. The lowest BCUT2D eigenvalue weighted by Crippen LogP contribution is -2.38. The maximum atomic E-state index is 11.9. The van der Waals surface area contributed by atoms with E-state index in [-0.39, 0.29) is 11.9 Å². The summed E-state index contributed by atoms with van der Waals surface area (Å²) in [5.74, 6) is -0.0497. The first kappa shape index (κ1) is 13.1. The van der Waals surface area contributed by atoms with Gasteiger partial charge in [-0.2, -0.15) is 0 Å². The summed E-state index contributed by atoms with van der Waals surface area (Å²) in [5, 5.41) is 2.86. The van der Waals surface area contributed by atoms with E-state index < -0.39 is 0 Å². The number of nitrogens with two attached hydrogens (primary N) is 1. The van der Waals surface area contributed by atoms with E-state index in [4.69, 9.17) is 5.73 Å². The van der Waals surface area contributed by atoms with E-state index in [1.165, 1.54) is 0 Å². The van der Waals surface area contributed by atoms with Crippen molar-refractivity contribution in [3.05, 3.63) is 29.3 Å². The molecule has 0 unspecified atom stereocenters. The maximum Gasteiger partial charge on any atom is 0.251 e. The van der Waals surface area contributed by atoms with E-state index in [1.807, 2.05) is 38.3 Å². The number of hydrogen-bond acceptors (Lipinski definition) is 3. The van der Waals surface area contributed by atoms with Gasteiger partial charge < -0.3 is 11.1 Å². The summed E-state index contributed by atoms with van der Waals surface area (Å²) in [6.07, 6.45) is 1.99. The van der Waals surface area contributed by atoms with E-state index in [9.17, 15) is 4.79 Å². The third-order valence-electron chi connectivity index (χ3n) is 2.42. The largest absolute Gasteiger partial charge is 0.348 e. The summed E-state index contributed by atoms with van der Waals surface area (Å²) >= 11 is 1.63. The Hall–Kier alpha value is -1.00. The van der Waals surface area contributed by atoms with Crippen LogP contribution in [-0.4, -0.2) is 24.7 Å². The highest BCUT2D eigenvalue weighted by atomic mass is 32.2. The van der Waals surface area contributed by atoms with Crippen LogP contribution in [0.25, 0.3) is 0 Å². The molecule has 0 radical (unpaired) electrons. The van der Waals surface area contributed by atoms with Crippen molar-refractivity contribution in [3.8, 4) is 0 Å². The van der Waals surface area contributed by atoms with Crippen LogP contribution in [0.15, 0.2) is 23.1 Å². The molecule has 1 aromatic carbocycles. The van der Waals surface area contributed by atoms with Gasteiger partial charge in [-0.15, -0.1) is 11.8 Å². The topological polar surface area (TPSA) is 55.1 Å². The first-order chi connectivity index (χ1) is 7.58. The van der Waals surface area contributed by atoms with Gasteiger partial charge in [-0.3, -0.25) is 4.79 Å². The Balaban J connectivity index is 2.89. The number of hydrogen-bond donors (Lipinski definition) is 2. The molecule has 0 fully saturated rings. The van der Waals surface area contributed by atoms with Gasteiger partial charge in [-0.1, -0.05) is 6.07 Å². The predicted octanol–water partition coefficient (Wildman–Crippen LogP) is 1.79. The Bertz CT molecular complexity index is 379. The minimum absolute atomic E-state index is 0.00448. The normalized spacial score (nSPS) is 12.2. The maximum absolute atomic E-state index is 11.9. The average Bonchev–Trinajstić information content (AvgIpc) is 2.29. The van der Waals surface area contributed by atoms with E-state index in [2.05, 4.69) is 5.32 Å². The lowest BCUT2D eigenvalue weighted by Gasteiger charge is -2.13. The van der Waals surface area contributed by atoms with Crippen LogP contribution in [0, 0.1) is 6.92 Å². The molecule has 0 aliphatic rings. The number of rotatable bonds is 4. The fourth-order valence-electron chi connectivity index (χ4n) is 1.33. The fourth-order valence-corrected chi connectivity index (χ4v) is 1.77. The molecule has 0 saturated heterocycles. The van der Waals surface area contributed by atoms with Crippen molar-refractivity contribution >= 4 is 17.7 Å². The number of thioether (sulfide) groups is 1. The van der Waals surface area contributed by atoms with E-state index in [0.29, 0.717) is 6.54 Å². The Morgan fingerprint density at radius 1 is 1.56 bits per heavy atom. The number of carbonyl (C=O) groups excluding carboxylic acids is 1. The lowest BCUT2D eigenvalue weighted by molar-refractivity contribution is 0.0940. The SMILES string of the molecule is CSc1ccc(C)c(C(=O)N[C@@H](C)CN)c1. The minimum atomic E-state index is -0.0497. The first-order valence-electron chi connectivity index (χ1n) is 5.24. The summed E-state index contributed by atoms with van der Waals surface area (Å²) in [6.45, 7) is 4.28. The fraction of sp³-hybridized carbons (Fsp3) is 0.417. The highest BCUT2D eigenvalue weighted by Crippen LogP contribution is 2.19. The molecule has 16 heavy (non-hydrogen) atoms. The molecule has 0 spiro atoms.